The maximum Gasteiger partial charge on any atom is 0.366 e. The highest BCUT2D eigenvalue weighted by atomic mass is 32.1. The molecule has 0 bridgehead atoms. The Morgan fingerprint density at radius 2 is 1.81 bits per heavy atom. The van der Waals surface area contributed by atoms with E-state index < -0.39 is 11.9 Å². The van der Waals surface area contributed by atoms with Gasteiger partial charge >= 0.3 is 11.9 Å². The molecule has 2 heterocycles. The summed E-state index contributed by atoms with van der Waals surface area (Å²) in [5, 5.41) is 0. The van der Waals surface area contributed by atoms with Crippen LogP contribution in [0.2, 0.25) is 0 Å². The quantitative estimate of drug-likeness (QED) is 0.557. The highest BCUT2D eigenvalue weighted by molar-refractivity contribution is 7.10. The molecule has 0 radical (unpaired) electrons. The molecule has 16 heavy (non-hydrogen) atoms. The molecular weight excluding hydrogens is 226 g/mol. The lowest BCUT2D eigenvalue weighted by Gasteiger charge is -1.96. The monoisotopic (exact) mass is 231 g/mol. The zero-order valence-electron chi connectivity index (χ0n) is 7.97. The zero-order valence-corrected chi connectivity index (χ0v) is 8.78. The number of ether oxygens (including phenoxy) is 1. The molecule has 1 aromatic carbocycles. The molecule has 1 aliphatic rings. The molecule has 0 fully saturated rings. The van der Waals surface area contributed by atoms with Gasteiger partial charge in [0.15, 0.2) is 5.69 Å². The van der Waals surface area contributed by atoms with Gasteiger partial charge in [-0.05, 0) is 17.1 Å². The Kier molecular flexibility index (Phi) is 1.87. The number of fused-ring (bicyclic) bond motifs is 1. The van der Waals surface area contributed by atoms with Crippen LogP contribution in [0.15, 0.2) is 30.3 Å². The molecule has 1 aromatic heterocycles. The minimum Gasteiger partial charge on any atom is -0.384 e. The number of aromatic nitrogens is 1. The fraction of sp³-hybridized carbons (Fsp3) is 0. The van der Waals surface area contributed by atoms with Crippen LogP contribution in [-0.4, -0.2) is 16.3 Å². The molecule has 78 valence electrons. The highest BCUT2D eigenvalue weighted by Crippen LogP contribution is 2.34. The molecule has 5 heteroatoms. The summed E-state index contributed by atoms with van der Waals surface area (Å²) >= 11 is 1.14. The van der Waals surface area contributed by atoms with Gasteiger partial charge in [0.2, 0.25) is 0 Å². The molecule has 0 atom stereocenters. The Hall–Kier alpha value is -2.01. The minimum atomic E-state index is -0.654. The van der Waals surface area contributed by atoms with E-state index >= 15 is 0 Å². The predicted octanol–water partition coefficient (Wildman–Crippen LogP) is 2.12. The second-order valence-corrected chi connectivity index (χ2v) is 4.05. The summed E-state index contributed by atoms with van der Waals surface area (Å²) in [6, 6.07) is 9.34. The lowest BCUT2D eigenvalue weighted by atomic mass is 10.1. The molecule has 0 saturated heterocycles. The zero-order chi connectivity index (χ0) is 11.1. The maximum absolute atomic E-state index is 11.5. The number of nitrogens with zero attached hydrogens (tertiary/aromatic N) is 1. The molecule has 0 saturated carbocycles. The number of carbonyl (C=O) groups excluding carboxylic acids is 2. The van der Waals surface area contributed by atoms with Crippen LogP contribution in [0.5, 0.6) is 0 Å². The first-order valence-electron chi connectivity index (χ1n) is 4.59. The fourth-order valence-electron chi connectivity index (χ4n) is 1.59. The summed E-state index contributed by atoms with van der Waals surface area (Å²) in [5.41, 5.74) is 1.29. The minimum absolute atomic E-state index is 0.133. The van der Waals surface area contributed by atoms with Crippen molar-refractivity contribution in [3.63, 3.8) is 0 Å². The van der Waals surface area contributed by atoms with Crippen molar-refractivity contribution in [1.82, 2.24) is 4.37 Å². The Balaban J connectivity index is 2.22. The van der Waals surface area contributed by atoms with Crippen LogP contribution < -0.4 is 0 Å². The van der Waals surface area contributed by atoms with E-state index in [1.165, 1.54) is 0 Å². The Morgan fingerprint density at radius 3 is 2.56 bits per heavy atom. The van der Waals surface area contributed by atoms with E-state index in [9.17, 15) is 9.59 Å². The number of esters is 2. The van der Waals surface area contributed by atoms with Crippen LogP contribution in [0.1, 0.15) is 20.8 Å². The number of cyclic esters (lactones) is 2. The number of rotatable bonds is 1. The number of hydrogen-bond donors (Lipinski definition) is 0. The first-order valence-corrected chi connectivity index (χ1v) is 5.36. The molecule has 0 N–H and O–H groups in total. The molecule has 0 amide bonds. The Morgan fingerprint density at radius 1 is 1.06 bits per heavy atom. The second-order valence-electron chi connectivity index (χ2n) is 3.28. The van der Waals surface area contributed by atoms with E-state index in [-0.39, 0.29) is 5.69 Å². The van der Waals surface area contributed by atoms with Gasteiger partial charge < -0.3 is 4.74 Å². The summed E-state index contributed by atoms with van der Waals surface area (Å²) in [4.78, 5) is 23.4. The van der Waals surface area contributed by atoms with Gasteiger partial charge in [0.25, 0.3) is 0 Å². The summed E-state index contributed by atoms with van der Waals surface area (Å²) < 4.78 is 8.45. The lowest BCUT2D eigenvalue weighted by Crippen LogP contribution is -1.99. The maximum atomic E-state index is 11.5. The van der Waals surface area contributed by atoms with E-state index in [2.05, 4.69) is 9.11 Å². The Labute approximate surface area is 94.7 Å². The van der Waals surface area contributed by atoms with Crippen LogP contribution in [-0.2, 0) is 4.74 Å². The molecular formula is C11H5NO3S. The van der Waals surface area contributed by atoms with Crippen LogP contribution in [0.25, 0.3) is 10.4 Å². The predicted molar refractivity (Wildman–Crippen MR) is 57.3 cm³/mol. The van der Waals surface area contributed by atoms with Crippen LogP contribution in [0.4, 0.5) is 0 Å². The summed E-state index contributed by atoms with van der Waals surface area (Å²) in [7, 11) is 0. The van der Waals surface area contributed by atoms with E-state index in [0.29, 0.717) is 10.4 Å². The number of hydrogen-bond acceptors (Lipinski definition) is 5. The molecule has 2 aromatic rings. The van der Waals surface area contributed by atoms with Gasteiger partial charge in [-0.25, -0.2) is 9.59 Å². The van der Waals surface area contributed by atoms with E-state index in [0.717, 1.165) is 17.1 Å². The van der Waals surface area contributed by atoms with Crippen molar-refractivity contribution in [2.45, 2.75) is 0 Å². The average Bonchev–Trinajstić information content (AvgIpc) is 2.84. The van der Waals surface area contributed by atoms with Crippen molar-refractivity contribution < 1.29 is 14.3 Å². The smallest absolute Gasteiger partial charge is 0.366 e. The van der Waals surface area contributed by atoms with E-state index in [1.54, 1.807) is 0 Å². The molecule has 4 nitrogen and oxygen atoms in total. The summed E-state index contributed by atoms with van der Waals surface area (Å²) in [6.07, 6.45) is 0. The second kappa shape index (κ2) is 3.24. The summed E-state index contributed by atoms with van der Waals surface area (Å²) in [5.74, 6) is -1.26. The molecule has 0 spiro atoms. The first kappa shape index (κ1) is 9.23. The van der Waals surface area contributed by atoms with Crippen molar-refractivity contribution in [3.05, 3.63) is 41.6 Å². The van der Waals surface area contributed by atoms with Gasteiger partial charge in [0, 0.05) is 0 Å². The molecule has 0 aliphatic carbocycles. The average molecular weight is 231 g/mol. The lowest BCUT2D eigenvalue weighted by molar-refractivity contribution is 0.0442. The van der Waals surface area contributed by atoms with Crippen molar-refractivity contribution in [1.29, 1.82) is 0 Å². The van der Waals surface area contributed by atoms with Gasteiger partial charge in [-0.15, -0.1) is 0 Å². The van der Waals surface area contributed by atoms with Gasteiger partial charge in [-0.2, -0.15) is 4.37 Å². The van der Waals surface area contributed by atoms with Crippen LogP contribution in [0.3, 0.4) is 0 Å². The molecule has 0 unspecified atom stereocenters. The highest BCUT2D eigenvalue weighted by Gasteiger charge is 2.36. The van der Waals surface area contributed by atoms with Crippen molar-refractivity contribution in [2.75, 3.05) is 0 Å². The van der Waals surface area contributed by atoms with E-state index in [1.807, 2.05) is 30.3 Å². The van der Waals surface area contributed by atoms with Gasteiger partial charge in [0.1, 0.15) is 5.56 Å². The molecule has 1 aliphatic heterocycles. The van der Waals surface area contributed by atoms with Gasteiger partial charge in [-0.3, -0.25) is 0 Å². The third-order valence-corrected chi connectivity index (χ3v) is 3.21. The van der Waals surface area contributed by atoms with Crippen molar-refractivity contribution >= 4 is 23.5 Å². The van der Waals surface area contributed by atoms with Crippen LogP contribution in [0, 0.1) is 0 Å². The summed E-state index contributed by atoms with van der Waals surface area (Å²) in [6.45, 7) is 0. The number of benzene rings is 1. The van der Waals surface area contributed by atoms with Gasteiger partial charge in [0.05, 0.1) is 4.88 Å². The first-order chi connectivity index (χ1) is 7.77. The van der Waals surface area contributed by atoms with Gasteiger partial charge in [-0.1, -0.05) is 30.3 Å². The third kappa shape index (κ3) is 1.18. The largest absolute Gasteiger partial charge is 0.384 e. The number of carbonyl (C=O) groups is 2. The van der Waals surface area contributed by atoms with Crippen LogP contribution >= 0.6 is 11.5 Å². The Bertz CT molecular complexity index is 589. The third-order valence-electron chi connectivity index (χ3n) is 2.31. The standard InChI is InChI=1S/C11H5NO3S/c13-10-7-8(11(14)15-10)12-16-9(7)6-4-2-1-3-5-6/h1-5H. The fourth-order valence-corrected chi connectivity index (χ4v) is 2.45. The SMILES string of the molecule is O=C1OC(=O)c2c1nsc2-c1ccccc1. The normalized spacial score (nSPS) is 13.8. The van der Waals surface area contributed by atoms with Crippen molar-refractivity contribution in [3.8, 4) is 10.4 Å². The van der Waals surface area contributed by atoms with E-state index in [4.69, 9.17) is 0 Å². The van der Waals surface area contributed by atoms with Crippen molar-refractivity contribution in [2.24, 2.45) is 0 Å². The molecule has 3 rings (SSSR count). The topological polar surface area (TPSA) is 56.3 Å².